The van der Waals surface area contributed by atoms with Crippen molar-refractivity contribution in [1.29, 1.82) is 0 Å². The summed E-state index contributed by atoms with van der Waals surface area (Å²) < 4.78 is 44.0. The van der Waals surface area contributed by atoms with Gasteiger partial charge in [-0.3, -0.25) is 9.48 Å². The second kappa shape index (κ2) is 7.42. The average molecular weight is 348 g/mol. The van der Waals surface area contributed by atoms with Crippen LogP contribution in [0.15, 0.2) is 12.4 Å². The number of carbonyl (C=O) groups is 1. The van der Waals surface area contributed by atoms with Crippen molar-refractivity contribution in [3.05, 3.63) is 12.4 Å². The highest BCUT2D eigenvalue weighted by Crippen LogP contribution is 2.23. The SMILES string of the molecule is C[C@@H]1CN(C(=O)Cn2cc(N[C@@H](C)CC(F)(F)F)cn2)C[C@H](C)O1. The molecule has 0 aliphatic carbocycles. The number of amides is 1. The van der Waals surface area contributed by atoms with E-state index >= 15 is 0 Å². The van der Waals surface area contributed by atoms with E-state index in [0.717, 1.165) is 0 Å². The fourth-order valence-electron chi connectivity index (χ4n) is 2.83. The zero-order chi connectivity index (χ0) is 17.9. The first-order valence-corrected chi connectivity index (χ1v) is 7.91. The molecule has 1 aliphatic rings. The summed E-state index contributed by atoms with van der Waals surface area (Å²) in [6, 6.07) is -0.765. The molecule has 0 bridgehead atoms. The van der Waals surface area contributed by atoms with Crippen molar-refractivity contribution < 1.29 is 22.7 Å². The average Bonchev–Trinajstić information content (AvgIpc) is 2.82. The van der Waals surface area contributed by atoms with Crippen LogP contribution >= 0.6 is 0 Å². The van der Waals surface area contributed by atoms with Crippen molar-refractivity contribution in [2.45, 2.75) is 58.2 Å². The molecule has 6 nitrogen and oxygen atoms in total. The maximum atomic E-state index is 12.3. The van der Waals surface area contributed by atoms with E-state index in [2.05, 4.69) is 10.4 Å². The highest BCUT2D eigenvalue weighted by Gasteiger charge is 2.30. The fourth-order valence-corrected chi connectivity index (χ4v) is 2.83. The summed E-state index contributed by atoms with van der Waals surface area (Å²) in [5.41, 5.74) is 0.461. The summed E-state index contributed by atoms with van der Waals surface area (Å²) in [4.78, 5) is 14.0. The second-order valence-electron chi connectivity index (χ2n) is 6.35. The van der Waals surface area contributed by atoms with Gasteiger partial charge in [-0.15, -0.1) is 0 Å². The van der Waals surface area contributed by atoms with E-state index < -0.39 is 18.6 Å². The third kappa shape index (κ3) is 5.70. The molecule has 1 aromatic heterocycles. The van der Waals surface area contributed by atoms with Crippen LogP contribution in [-0.2, 0) is 16.1 Å². The van der Waals surface area contributed by atoms with Gasteiger partial charge in [-0.1, -0.05) is 0 Å². The van der Waals surface area contributed by atoms with Crippen molar-refractivity contribution in [3.63, 3.8) is 0 Å². The lowest BCUT2D eigenvalue weighted by Crippen LogP contribution is -2.49. The summed E-state index contributed by atoms with van der Waals surface area (Å²) in [5.74, 6) is -0.0880. The lowest BCUT2D eigenvalue weighted by molar-refractivity contribution is -0.144. The normalized spacial score (nSPS) is 23.2. The third-order valence-corrected chi connectivity index (χ3v) is 3.65. The molecule has 1 N–H and O–H groups in total. The molecule has 9 heteroatoms. The van der Waals surface area contributed by atoms with E-state index in [1.165, 1.54) is 24.0 Å². The van der Waals surface area contributed by atoms with Gasteiger partial charge in [0.05, 0.1) is 30.5 Å². The molecular weight excluding hydrogens is 325 g/mol. The molecule has 0 saturated carbocycles. The van der Waals surface area contributed by atoms with Gasteiger partial charge in [0.2, 0.25) is 5.91 Å². The fraction of sp³-hybridized carbons (Fsp3) is 0.733. The summed E-state index contributed by atoms with van der Waals surface area (Å²) in [6.07, 6.45) is -2.22. The second-order valence-corrected chi connectivity index (χ2v) is 6.35. The van der Waals surface area contributed by atoms with Gasteiger partial charge >= 0.3 is 6.18 Å². The number of rotatable bonds is 5. The number of ether oxygens (including phenoxy) is 1. The molecule has 1 aromatic rings. The molecule has 1 amide bonds. The van der Waals surface area contributed by atoms with E-state index in [1.54, 1.807) is 4.90 Å². The molecule has 0 unspecified atom stereocenters. The van der Waals surface area contributed by atoms with Crippen molar-refractivity contribution in [3.8, 4) is 0 Å². The first-order valence-electron chi connectivity index (χ1n) is 7.91. The van der Waals surface area contributed by atoms with Gasteiger partial charge in [0.15, 0.2) is 0 Å². The van der Waals surface area contributed by atoms with Crippen LogP contribution in [0.5, 0.6) is 0 Å². The van der Waals surface area contributed by atoms with Crippen molar-refractivity contribution >= 4 is 11.6 Å². The minimum absolute atomic E-state index is 0.0178. The van der Waals surface area contributed by atoms with Crippen LogP contribution in [-0.4, -0.2) is 58.1 Å². The number of aromatic nitrogens is 2. The maximum absolute atomic E-state index is 12.3. The first kappa shape index (κ1) is 18.6. The molecule has 1 saturated heterocycles. The Labute approximate surface area is 138 Å². The monoisotopic (exact) mass is 348 g/mol. The highest BCUT2D eigenvalue weighted by molar-refractivity contribution is 5.76. The molecule has 3 atom stereocenters. The van der Waals surface area contributed by atoms with Gasteiger partial charge in [0.1, 0.15) is 6.54 Å². The molecular formula is C15H23F3N4O2. The van der Waals surface area contributed by atoms with E-state index in [9.17, 15) is 18.0 Å². The number of alkyl halides is 3. The summed E-state index contributed by atoms with van der Waals surface area (Å²) in [6.45, 7) is 6.37. The zero-order valence-corrected chi connectivity index (χ0v) is 14.0. The topological polar surface area (TPSA) is 59.4 Å². The number of anilines is 1. The minimum Gasteiger partial charge on any atom is -0.380 e. The Bertz CT molecular complexity index is 551. The zero-order valence-electron chi connectivity index (χ0n) is 14.0. The van der Waals surface area contributed by atoms with Crippen molar-refractivity contribution in [2.75, 3.05) is 18.4 Å². The number of hydrogen-bond donors (Lipinski definition) is 1. The van der Waals surface area contributed by atoms with Crippen LogP contribution in [0, 0.1) is 0 Å². The van der Waals surface area contributed by atoms with Crippen LogP contribution in [0.1, 0.15) is 27.2 Å². The maximum Gasteiger partial charge on any atom is 0.391 e. The Morgan fingerprint density at radius 1 is 1.42 bits per heavy atom. The first-order chi connectivity index (χ1) is 11.1. The standard InChI is InChI=1S/C15H23F3N4O2/c1-10(4-15(16,17)18)20-13-5-19-22(8-13)9-14(23)21-6-11(2)24-12(3)7-21/h5,8,10-12,20H,4,6-7,9H2,1-3H3/t10-,11-,12+/m0/s1. The number of nitrogens with one attached hydrogen (secondary N) is 1. The number of carbonyl (C=O) groups excluding carboxylic acids is 1. The Morgan fingerprint density at radius 3 is 2.62 bits per heavy atom. The Hall–Kier alpha value is -1.77. The van der Waals surface area contributed by atoms with Gasteiger partial charge in [-0.25, -0.2) is 0 Å². The lowest BCUT2D eigenvalue weighted by Gasteiger charge is -2.35. The van der Waals surface area contributed by atoms with Crippen LogP contribution < -0.4 is 5.32 Å². The van der Waals surface area contributed by atoms with Gasteiger partial charge in [0.25, 0.3) is 0 Å². The third-order valence-electron chi connectivity index (χ3n) is 3.65. The van der Waals surface area contributed by atoms with E-state index in [4.69, 9.17) is 4.74 Å². The summed E-state index contributed by atoms with van der Waals surface area (Å²) in [5, 5.41) is 6.77. The van der Waals surface area contributed by atoms with Crippen LogP contribution in [0.3, 0.4) is 0 Å². The van der Waals surface area contributed by atoms with Crippen LogP contribution in [0.2, 0.25) is 0 Å². The van der Waals surface area contributed by atoms with Crippen LogP contribution in [0.25, 0.3) is 0 Å². The molecule has 2 rings (SSSR count). The predicted molar refractivity (Wildman–Crippen MR) is 82.6 cm³/mol. The van der Waals surface area contributed by atoms with Gasteiger partial charge in [-0.2, -0.15) is 18.3 Å². The minimum atomic E-state index is -4.22. The molecule has 24 heavy (non-hydrogen) atoms. The quantitative estimate of drug-likeness (QED) is 0.887. The molecule has 136 valence electrons. The number of hydrogen-bond acceptors (Lipinski definition) is 4. The van der Waals surface area contributed by atoms with E-state index in [1.807, 2.05) is 13.8 Å². The number of morpholine rings is 1. The van der Waals surface area contributed by atoms with Crippen molar-refractivity contribution in [2.24, 2.45) is 0 Å². The molecule has 0 radical (unpaired) electrons. The Morgan fingerprint density at radius 2 is 2.04 bits per heavy atom. The molecule has 1 fully saturated rings. The van der Waals surface area contributed by atoms with Gasteiger partial charge in [-0.05, 0) is 20.8 Å². The highest BCUT2D eigenvalue weighted by atomic mass is 19.4. The smallest absolute Gasteiger partial charge is 0.380 e. The van der Waals surface area contributed by atoms with Crippen LogP contribution in [0.4, 0.5) is 18.9 Å². The number of nitrogens with zero attached hydrogens (tertiary/aromatic N) is 3. The molecule has 0 aromatic carbocycles. The van der Waals surface area contributed by atoms with E-state index in [-0.39, 0.29) is 24.7 Å². The van der Waals surface area contributed by atoms with E-state index in [0.29, 0.717) is 18.8 Å². The lowest BCUT2D eigenvalue weighted by atomic mass is 10.2. The number of halogens is 3. The molecule has 1 aliphatic heterocycles. The Balaban J connectivity index is 1.88. The van der Waals surface area contributed by atoms with Gasteiger partial charge in [0, 0.05) is 25.3 Å². The van der Waals surface area contributed by atoms with Gasteiger partial charge < -0.3 is 15.0 Å². The largest absolute Gasteiger partial charge is 0.391 e. The predicted octanol–water partition coefficient (Wildman–Crippen LogP) is 2.27. The summed E-state index contributed by atoms with van der Waals surface area (Å²) in [7, 11) is 0. The molecule has 0 spiro atoms. The Kier molecular flexibility index (Phi) is 5.74. The van der Waals surface area contributed by atoms with Crippen molar-refractivity contribution in [1.82, 2.24) is 14.7 Å². The summed E-state index contributed by atoms with van der Waals surface area (Å²) >= 11 is 0. The molecule has 2 heterocycles.